The zero-order valence-electron chi connectivity index (χ0n) is 15.7. The van der Waals surface area contributed by atoms with E-state index in [1.54, 1.807) is 6.08 Å². The first kappa shape index (κ1) is 19.4. The number of hydrogen-bond donors (Lipinski definition) is 3. The molecule has 3 aromatic rings. The highest BCUT2D eigenvalue weighted by molar-refractivity contribution is 9.10. The fraction of sp³-hybridized carbons (Fsp3) is 0.125. The molecule has 4 nitrogen and oxygen atoms in total. The number of primary amides is 1. The zero-order valence-corrected chi connectivity index (χ0v) is 17.3. The minimum absolute atomic E-state index is 0.0969. The first-order chi connectivity index (χ1) is 13.9. The van der Waals surface area contributed by atoms with E-state index in [9.17, 15) is 9.90 Å². The Labute approximate surface area is 178 Å². The molecule has 4 rings (SSSR count). The molecular formula is C24H21BrN2O2. The van der Waals surface area contributed by atoms with Crippen LogP contribution in [-0.2, 0) is 10.4 Å². The van der Waals surface area contributed by atoms with Crippen molar-refractivity contribution in [2.45, 2.75) is 17.6 Å². The Morgan fingerprint density at radius 3 is 2.10 bits per heavy atom. The summed E-state index contributed by atoms with van der Waals surface area (Å²) in [5, 5.41) is 15.1. The van der Waals surface area contributed by atoms with Crippen molar-refractivity contribution < 1.29 is 9.90 Å². The van der Waals surface area contributed by atoms with E-state index in [-0.39, 0.29) is 6.42 Å². The van der Waals surface area contributed by atoms with E-state index in [0.717, 1.165) is 21.3 Å². The molecule has 3 aromatic carbocycles. The molecule has 1 amide bonds. The van der Waals surface area contributed by atoms with Gasteiger partial charge in [0.15, 0.2) is 0 Å². The first-order valence-corrected chi connectivity index (χ1v) is 10.1. The fourth-order valence-corrected chi connectivity index (χ4v) is 4.18. The third kappa shape index (κ3) is 3.59. The van der Waals surface area contributed by atoms with Gasteiger partial charge in [0.25, 0.3) is 0 Å². The van der Waals surface area contributed by atoms with Crippen molar-refractivity contribution in [3.63, 3.8) is 0 Å². The van der Waals surface area contributed by atoms with Gasteiger partial charge in [0.1, 0.15) is 11.1 Å². The van der Waals surface area contributed by atoms with Crippen LogP contribution in [0, 0.1) is 0 Å². The maximum atomic E-state index is 12.7. The van der Waals surface area contributed by atoms with E-state index in [1.807, 2.05) is 84.9 Å². The largest absolute Gasteiger partial charge is 0.380 e. The topological polar surface area (TPSA) is 75.4 Å². The number of hydrogen-bond acceptors (Lipinski definition) is 3. The smallest absolute Gasteiger partial charge is 0.247 e. The van der Waals surface area contributed by atoms with E-state index >= 15 is 0 Å². The predicted octanol–water partition coefficient (Wildman–Crippen LogP) is 4.46. The van der Waals surface area contributed by atoms with Crippen LogP contribution in [0.5, 0.6) is 0 Å². The SMILES string of the molecule is NC(=O)C1(Nc2ccc(Br)cc2)C=C(c2ccccc2)C(O)(c2ccccc2)C1. The molecule has 0 saturated heterocycles. The summed E-state index contributed by atoms with van der Waals surface area (Å²) in [6, 6.07) is 26.5. The Kier molecular flexibility index (Phi) is 5.03. The molecule has 2 unspecified atom stereocenters. The molecule has 5 heteroatoms. The minimum Gasteiger partial charge on any atom is -0.380 e. The molecule has 2 atom stereocenters. The molecule has 0 fully saturated rings. The third-order valence-corrected chi connectivity index (χ3v) is 5.89. The highest BCUT2D eigenvalue weighted by Crippen LogP contribution is 2.49. The second-order valence-electron chi connectivity index (χ2n) is 7.29. The molecule has 0 radical (unpaired) electrons. The van der Waals surface area contributed by atoms with Gasteiger partial charge in [-0.3, -0.25) is 4.79 Å². The second-order valence-corrected chi connectivity index (χ2v) is 8.21. The highest BCUT2D eigenvalue weighted by Gasteiger charge is 2.52. The second kappa shape index (κ2) is 7.50. The van der Waals surface area contributed by atoms with Crippen LogP contribution in [0.25, 0.3) is 5.57 Å². The number of halogens is 1. The van der Waals surface area contributed by atoms with Gasteiger partial charge >= 0.3 is 0 Å². The van der Waals surface area contributed by atoms with Gasteiger partial charge in [-0.15, -0.1) is 0 Å². The van der Waals surface area contributed by atoms with Crippen molar-refractivity contribution in [2.75, 3.05) is 5.32 Å². The van der Waals surface area contributed by atoms with Crippen LogP contribution in [0.4, 0.5) is 5.69 Å². The molecule has 0 saturated carbocycles. The summed E-state index contributed by atoms with van der Waals surface area (Å²) in [5.74, 6) is -0.541. The average molecular weight is 449 g/mol. The summed E-state index contributed by atoms with van der Waals surface area (Å²) in [6.07, 6.45) is 1.87. The number of benzene rings is 3. The molecule has 0 aliphatic heterocycles. The molecule has 0 heterocycles. The fourth-order valence-electron chi connectivity index (χ4n) is 3.92. The molecule has 146 valence electrons. The normalized spacial score (nSPS) is 23.4. The molecule has 0 bridgehead atoms. The molecule has 29 heavy (non-hydrogen) atoms. The standard InChI is InChI=1S/C24H21BrN2O2/c25-19-11-13-20(14-12-19)27-23(22(26)28)15-21(17-7-3-1-4-8-17)24(29,16-23)18-9-5-2-6-10-18/h1-15,27,29H,16H2,(H2,26,28). The van der Waals surface area contributed by atoms with Gasteiger partial charge in [-0.05, 0) is 47.0 Å². The number of carbonyl (C=O) groups excluding carboxylic acids is 1. The monoisotopic (exact) mass is 448 g/mol. The van der Waals surface area contributed by atoms with Crippen LogP contribution in [0.3, 0.4) is 0 Å². The van der Waals surface area contributed by atoms with Gasteiger partial charge < -0.3 is 16.2 Å². The Hall–Kier alpha value is -2.89. The van der Waals surface area contributed by atoms with Gasteiger partial charge in [0.2, 0.25) is 5.91 Å². The number of carbonyl (C=O) groups is 1. The molecule has 4 N–H and O–H groups in total. The zero-order chi connectivity index (χ0) is 20.5. The van der Waals surface area contributed by atoms with Crippen LogP contribution < -0.4 is 11.1 Å². The number of amides is 1. The Bertz CT molecular complexity index is 1050. The van der Waals surface area contributed by atoms with Crippen LogP contribution >= 0.6 is 15.9 Å². The van der Waals surface area contributed by atoms with Crippen molar-refractivity contribution in [3.8, 4) is 0 Å². The van der Waals surface area contributed by atoms with E-state index in [4.69, 9.17) is 5.73 Å². The summed E-state index contributed by atoms with van der Waals surface area (Å²) in [4.78, 5) is 12.7. The lowest BCUT2D eigenvalue weighted by molar-refractivity contribution is -0.121. The summed E-state index contributed by atoms with van der Waals surface area (Å²) in [5.41, 5.74) is 6.26. The maximum Gasteiger partial charge on any atom is 0.247 e. The van der Waals surface area contributed by atoms with E-state index in [0.29, 0.717) is 5.57 Å². The Balaban J connectivity index is 1.86. The van der Waals surface area contributed by atoms with Crippen molar-refractivity contribution >= 4 is 33.1 Å². The molecule has 1 aliphatic carbocycles. The van der Waals surface area contributed by atoms with Crippen molar-refractivity contribution in [1.82, 2.24) is 0 Å². The van der Waals surface area contributed by atoms with Gasteiger partial charge in [0, 0.05) is 16.6 Å². The van der Waals surface area contributed by atoms with Crippen LogP contribution in [0.1, 0.15) is 17.5 Å². The van der Waals surface area contributed by atoms with Crippen molar-refractivity contribution in [3.05, 3.63) is 107 Å². The van der Waals surface area contributed by atoms with Gasteiger partial charge in [0.05, 0.1) is 0 Å². The number of aliphatic hydroxyl groups is 1. The Morgan fingerprint density at radius 1 is 0.931 bits per heavy atom. The van der Waals surface area contributed by atoms with Crippen molar-refractivity contribution in [1.29, 1.82) is 0 Å². The number of nitrogens with one attached hydrogen (secondary N) is 1. The lowest BCUT2D eigenvalue weighted by Gasteiger charge is -2.32. The Morgan fingerprint density at radius 2 is 1.52 bits per heavy atom. The number of rotatable bonds is 5. The van der Waals surface area contributed by atoms with E-state index in [2.05, 4.69) is 21.2 Å². The summed E-state index contributed by atoms with van der Waals surface area (Å²) in [6.45, 7) is 0. The maximum absolute atomic E-state index is 12.7. The van der Waals surface area contributed by atoms with Gasteiger partial charge in [-0.1, -0.05) is 76.6 Å². The molecule has 0 aromatic heterocycles. The quantitative estimate of drug-likeness (QED) is 0.539. The molecule has 0 spiro atoms. The predicted molar refractivity (Wildman–Crippen MR) is 119 cm³/mol. The van der Waals surface area contributed by atoms with Gasteiger partial charge in [-0.2, -0.15) is 0 Å². The first-order valence-electron chi connectivity index (χ1n) is 9.33. The minimum atomic E-state index is -1.36. The highest BCUT2D eigenvalue weighted by atomic mass is 79.9. The summed E-state index contributed by atoms with van der Waals surface area (Å²) < 4.78 is 0.934. The van der Waals surface area contributed by atoms with Crippen LogP contribution in [0.15, 0.2) is 95.5 Å². The van der Waals surface area contributed by atoms with E-state index < -0.39 is 17.0 Å². The van der Waals surface area contributed by atoms with Gasteiger partial charge in [-0.25, -0.2) is 0 Å². The van der Waals surface area contributed by atoms with Crippen LogP contribution in [0.2, 0.25) is 0 Å². The molecule has 1 aliphatic rings. The van der Waals surface area contributed by atoms with Crippen LogP contribution in [-0.4, -0.2) is 16.6 Å². The summed E-state index contributed by atoms with van der Waals surface area (Å²) in [7, 11) is 0. The number of nitrogens with two attached hydrogens (primary N) is 1. The summed E-state index contributed by atoms with van der Waals surface area (Å²) >= 11 is 3.42. The number of anilines is 1. The lowest BCUT2D eigenvalue weighted by Crippen LogP contribution is -2.49. The molecular weight excluding hydrogens is 428 g/mol. The third-order valence-electron chi connectivity index (χ3n) is 5.36. The lowest BCUT2D eigenvalue weighted by atomic mass is 9.82. The average Bonchev–Trinajstić information content (AvgIpc) is 3.06. The van der Waals surface area contributed by atoms with E-state index in [1.165, 1.54) is 0 Å². The van der Waals surface area contributed by atoms with Crippen molar-refractivity contribution in [2.24, 2.45) is 5.73 Å².